The van der Waals surface area contributed by atoms with E-state index in [4.69, 9.17) is 23.8 Å². The number of morpholine rings is 1. The van der Waals surface area contributed by atoms with E-state index in [0.717, 1.165) is 44.0 Å². The van der Waals surface area contributed by atoms with Gasteiger partial charge in [0.2, 0.25) is 5.52 Å². The van der Waals surface area contributed by atoms with Crippen LogP contribution in [0.5, 0.6) is 28.7 Å². The zero-order chi connectivity index (χ0) is 27.7. The average Bonchev–Trinajstić information content (AvgIpc) is 3.00. The molecule has 2 heterocycles. The second-order valence-electron chi connectivity index (χ2n) is 9.15. The van der Waals surface area contributed by atoms with E-state index >= 15 is 0 Å². The van der Waals surface area contributed by atoms with Crippen LogP contribution in [-0.4, -0.2) is 57.4 Å². The number of carbonyl (C=O) groups excluding carboxylic acids is 1. The lowest BCUT2D eigenvalue weighted by atomic mass is 10.1. The van der Waals surface area contributed by atoms with Gasteiger partial charge < -0.3 is 29.0 Å². The molecule has 0 bridgehead atoms. The van der Waals surface area contributed by atoms with Crippen molar-refractivity contribution < 1.29 is 33.3 Å². The minimum absolute atomic E-state index is 0.385. The molecule has 3 aromatic carbocycles. The highest BCUT2D eigenvalue weighted by Gasteiger charge is 2.18. The number of methoxy groups -OCH3 is 1. The summed E-state index contributed by atoms with van der Waals surface area (Å²) in [5.74, 6) is 2.08. The Morgan fingerprint density at radius 3 is 2.50 bits per heavy atom. The number of fused-ring (bicyclic) bond motifs is 1. The summed E-state index contributed by atoms with van der Waals surface area (Å²) in [5, 5.41) is 13.2. The van der Waals surface area contributed by atoms with Gasteiger partial charge in [-0.3, -0.25) is 9.69 Å². The number of rotatable bonds is 11. The molecule has 10 heteroatoms. The third kappa shape index (κ3) is 6.71. The molecule has 4 aromatic rings. The molecular formula is C30H31N3O7. The molecule has 10 nitrogen and oxygen atoms in total. The smallest absolute Gasteiger partial charge is 0.283 e. The van der Waals surface area contributed by atoms with Gasteiger partial charge in [-0.2, -0.15) is 10.2 Å². The molecule has 0 atom stereocenters. The number of para-hydroxylation sites is 1. The van der Waals surface area contributed by atoms with Crippen molar-refractivity contribution in [1.29, 1.82) is 0 Å². The summed E-state index contributed by atoms with van der Waals surface area (Å²) in [7, 11) is 1.56. The van der Waals surface area contributed by atoms with E-state index in [1.807, 2.05) is 18.2 Å². The number of nitrogens with zero attached hydrogens (tertiary/aromatic N) is 2. The minimum atomic E-state index is -0.393. The average molecular weight is 546 g/mol. The Morgan fingerprint density at radius 1 is 0.975 bits per heavy atom. The lowest BCUT2D eigenvalue weighted by molar-refractivity contribution is -0.577. The lowest BCUT2D eigenvalue weighted by Crippen LogP contribution is -2.37. The number of aromatic nitrogens is 1. The molecular weight excluding hydrogens is 514 g/mol. The van der Waals surface area contributed by atoms with E-state index in [2.05, 4.69) is 10.4 Å². The largest absolute Gasteiger partial charge is 0.618 e. The van der Waals surface area contributed by atoms with Crippen LogP contribution in [0.4, 0.5) is 0 Å². The van der Waals surface area contributed by atoms with E-state index in [9.17, 15) is 10.0 Å². The maximum absolute atomic E-state index is 12.6. The summed E-state index contributed by atoms with van der Waals surface area (Å²) in [6.07, 6.45) is 2.23. The van der Waals surface area contributed by atoms with Gasteiger partial charge in [0.15, 0.2) is 23.4 Å². The standard InChI is InChI=1S/C30H31N3O7/c1-36-28-20-25-26(21-29(28)38-17-5-13-32-15-18-37-19-16-32)33(35)14-12-27(25)39-23-10-8-22(9-11-23)30(34)31-40-24-6-3-2-4-7-24/h2-4,6-12,14,20-21H,5,13,15-19H2,1H3,(H,31,34). The van der Waals surface area contributed by atoms with Crippen molar-refractivity contribution in [2.45, 2.75) is 6.42 Å². The molecule has 0 saturated carbocycles. The molecule has 1 aliphatic heterocycles. The van der Waals surface area contributed by atoms with Crippen LogP contribution in [-0.2, 0) is 4.74 Å². The minimum Gasteiger partial charge on any atom is -0.618 e. The summed E-state index contributed by atoms with van der Waals surface area (Å²) < 4.78 is 23.8. The van der Waals surface area contributed by atoms with Gasteiger partial charge in [0, 0.05) is 37.3 Å². The number of amides is 1. The van der Waals surface area contributed by atoms with Crippen molar-refractivity contribution in [3.63, 3.8) is 0 Å². The molecule has 0 radical (unpaired) electrons. The maximum atomic E-state index is 12.6. The predicted octanol–water partition coefficient (Wildman–Crippen LogP) is 4.10. The first-order valence-corrected chi connectivity index (χ1v) is 13.1. The third-order valence-corrected chi connectivity index (χ3v) is 6.48. The first-order valence-electron chi connectivity index (χ1n) is 13.1. The fraction of sp³-hybridized carbons (Fsp3) is 0.267. The van der Waals surface area contributed by atoms with Crippen molar-refractivity contribution in [3.8, 4) is 28.7 Å². The zero-order valence-corrected chi connectivity index (χ0v) is 22.2. The molecule has 1 fully saturated rings. The van der Waals surface area contributed by atoms with Gasteiger partial charge >= 0.3 is 0 Å². The number of ether oxygens (including phenoxy) is 4. The van der Waals surface area contributed by atoms with Gasteiger partial charge in [0.1, 0.15) is 11.5 Å². The van der Waals surface area contributed by atoms with Crippen LogP contribution < -0.4 is 29.3 Å². The van der Waals surface area contributed by atoms with E-state index in [0.29, 0.717) is 51.8 Å². The van der Waals surface area contributed by atoms with Crippen LogP contribution in [0.25, 0.3) is 10.9 Å². The SMILES string of the molecule is COc1cc2c(Oc3ccc(C(=O)NOc4ccccc4)cc3)cc[n+]([O-])c2cc1OCCCN1CCOCC1. The number of pyridine rings is 1. The number of hydrogen-bond donors (Lipinski definition) is 1. The topological polar surface area (TPSA) is 105 Å². The summed E-state index contributed by atoms with van der Waals surface area (Å²) in [6, 6.07) is 20.6. The second kappa shape index (κ2) is 13.0. The van der Waals surface area contributed by atoms with Crippen molar-refractivity contribution >= 4 is 16.8 Å². The van der Waals surface area contributed by atoms with Crippen molar-refractivity contribution in [2.24, 2.45) is 0 Å². The third-order valence-electron chi connectivity index (χ3n) is 6.48. The Hall–Kier alpha value is -4.54. The van der Waals surface area contributed by atoms with Gasteiger partial charge in [0.25, 0.3) is 5.91 Å². The highest BCUT2D eigenvalue weighted by atomic mass is 16.7. The van der Waals surface area contributed by atoms with Gasteiger partial charge in [-0.25, -0.2) is 0 Å². The van der Waals surface area contributed by atoms with E-state index < -0.39 is 5.91 Å². The Kier molecular flexibility index (Phi) is 8.79. The first-order chi connectivity index (χ1) is 19.6. The zero-order valence-electron chi connectivity index (χ0n) is 22.2. The van der Waals surface area contributed by atoms with Crippen LogP contribution in [0.3, 0.4) is 0 Å². The molecule has 1 saturated heterocycles. The molecule has 0 spiro atoms. The number of hydroxylamine groups is 1. The molecule has 40 heavy (non-hydrogen) atoms. The molecule has 0 unspecified atom stereocenters. The lowest BCUT2D eigenvalue weighted by Gasteiger charge is -2.26. The molecule has 1 aromatic heterocycles. The van der Waals surface area contributed by atoms with Crippen LogP contribution in [0.15, 0.2) is 79.0 Å². The van der Waals surface area contributed by atoms with Crippen LogP contribution >= 0.6 is 0 Å². The van der Waals surface area contributed by atoms with Crippen LogP contribution in [0, 0.1) is 5.21 Å². The summed E-state index contributed by atoms with van der Waals surface area (Å²) in [5.41, 5.74) is 3.20. The van der Waals surface area contributed by atoms with E-state index in [1.54, 1.807) is 61.7 Å². The molecule has 5 rings (SSSR count). The first kappa shape index (κ1) is 27.0. The second-order valence-corrected chi connectivity index (χ2v) is 9.15. The molecule has 1 aliphatic rings. The Morgan fingerprint density at radius 2 is 1.75 bits per heavy atom. The molecule has 0 aliphatic carbocycles. The van der Waals surface area contributed by atoms with Crippen molar-refractivity contribution in [2.75, 3.05) is 46.6 Å². The van der Waals surface area contributed by atoms with Crippen molar-refractivity contribution in [1.82, 2.24) is 10.4 Å². The monoisotopic (exact) mass is 545 g/mol. The van der Waals surface area contributed by atoms with Crippen LogP contribution in [0.1, 0.15) is 16.8 Å². The fourth-order valence-electron chi connectivity index (χ4n) is 4.34. The Bertz CT molecular complexity index is 1430. The van der Waals surface area contributed by atoms with Gasteiger partial charge in [-0.1, -0.05) is 18.2 Å². The van der Waals surface area contributed by atoms with E-state index in [-0.39, 0.29) is 0 Å². The van der Waals surface area contributed by atoms with Gasteiger partial charge in [-0.15, -0.1) is 0 Å². The van der Waals surface area contributed by atoms with Gasteiger partial charge in [0.05, 0.1) is 38.4 Å². The summed E-state index contributed by atoms with van der Waals surface area (Å²) in [6.45, 7) is 4.78. The summed E-state index contributed by atoms with van der Waals surface area (Å²) >= 11 is 0. The highest BCUT2D eigenvalue weighted by Crippen LogP contribution is 2.36. The Labute approximate surface area is 232 Å². The molecule has 1 N–H and O–H groups in total. The number of carbonyl (C=O) groups is 1. The van der Waals surface area contributed by atoms with Crippen molar-refractivity contribution in [3.05, 3.63) is 89.8 Å². The van der Waals surface area contributed by atoms with Crippen LogP contribution in [0.2, 0.25) is 0 Å². The Balaban J connectivity index is 1.25. The highest BCUT2D eigenvalue weighted by molar-refractivity contribution is 5.93. The fourth-order valence-corrected chi connectivity index (χ4v) is 4.34. The number of hydrogen-bond acceptors (Lipinski definition) is 8. The number of nitrogens with one attached hydrogen (secondary N) is 1. The summed E-state index contributed by atoms with van der Waals surface area (Å²) in [4.78, 5) is 20.1. The van der Waals surface area contributed by atoms with Gasteiger partial charge in [-0.05, 0) is 42.8 Å². The van der Waals surface area contributed by atoms with E-state index in [1.165, 1.54) is 6.20 Å². The number of benzene rings is 3. The molecule has 1 amide bonds. The quantitative estimate of drug-likeness (QED) is 0.130. The normalized spacial score (nSPS) is 13.5. The maximum Gasteiger partial charge on any atom is 0.283 e. The predicted molar refractivity (Wildman–Crippen MR) is 148 cm³/mol. The molecule has 208 valence electrons.